The molecule has 4 rings (SSSR count). The van der Waals surface area contributed by atoms with Crippen LogP contribution in [0.2, 0.25) is 5.02 Å². The van der Waals surface area contributed by atoms with Crippen LogP contribution in [-0.2, 0) is 13.3 Å². The van der Waals surface area contributed by atoms with Gasteiger partial charge in [-0.25, -0.2) is 9.07 Å². The Hall–Kier alpha value is -3.65. The summed E-state index contributed by atoms with van der Waals surface area (Å²) in [5.41, 5.74) is 4.20. The Labute approximate surface area is 195 Å². The topological polar surface area (TPSA) is 74.0 Å². The Morgan fingerprint density at radius 1 is 1.09 bits per heavy atom. The van der Waals surface area contributed by atoms with E-state index in [-0.39, 0.29) is 24.1 Å². The zero-order valence-electron chi connectivity index (χ0n) is 18.5. The van der Waals surface area contributed by atoms with Crippen molar-refractivity contribution in [3.05, 3.63) is 93.8 Å². The lowest BCUT2D eigenvalue weighted by atomic mass is 10.2. The van der Waals surface area contributed by atoms with Gasteiger partial charge in [-0.1, -0.05) is 23.7 Å². The van der Waals surface area contributed by atoms with Gasteiger partial charge in [-0.3, -0.25) is 9.48 Å². The number of benzene rings is 2. The number of carbonyl (C=O) groups is 1. The number of hydrogen-bond donors (Lipinski definition) is 1. The summed E-state index contributed by atoms with van der Waals surface area (Å²) < 4.78 is 22.2. The van der Waals surface area contributed by atoms with E-state index >= 15 is 0 Å². The number of rotatable bonds is 7. The lowest BCUT2D eigenvalue weighted by Crippen LogP contribution is -2.15. The maximum absolute atomic E-state index is 13.2. The van der Waals surface area contributed by atoms with Crippen LogP contribution in [0.15, 0.2) is 54.7 Å². The van der Waals surface area contributed by atoms with E-state index in [1.54, 1.807) is 41.2 Å². The summed E-state index contributed by atoms with van der Waals surface area (Å²) in [5, 5.41) is 12.4. The number of anilines is 1. The molecule has 2 aromatic heterocycles. The molecule has 9 heteroatoms. The van der Waals surface area contributed by atoms with Crippen molar-refractivity contribution in [3.8, 4) is 5.75 Å². The summed E-state index contributed by atoms with van der Waals surface area (Å²) in [4.78, 5) is 12.8. The molecular weight excluding hydrogens is 445 g/mol. The molecule has 0 bridgehead atoms. The molecule has 33 heavy (non-hydrogen) atoms. The number of carbonyl (C=O) groups excluding carboxylic acids is 1. The van der Waals surface area contributed by atoms with Crippen LogP contribution in [0.25, 0.3) is 0 Å². The van der Waals surface area contributed by atoms with Crippen molar-refractivity contribution in [2.45, 2.75) is 34.0 Å². The van der Waals surface area contributed by atoms with E-state index in [4.69, 9.17) is 16.3 Å². The first-order valence-corrected chi connectivity index (χ1v) is 10.7. The molecule has 0 spiro atoms. The van der Waals surface area contributed by atoms with Crippen molar-refractivity contribution in [2.24, 2.45) is 0 Å². The van der Waals surface area contributed by atoms with Crippen LogP contribution in [0.1, 0.15) is 33.0 Å². The fourth-order valence-corrected chi connectivity index (χ4v) is 3.49. The smallest absolute Gasteiger partial charge is 0.276 e. The van der Waals surface area contributed by atoms with Crippen LogP contribution in [0.5, 0.6) is 5.75 Å². The van der Waals surface area contributed by atoms with Gasteiger partial charge in [-0.15, -0.1) is 0 Å². The molecule has 0 atom stereocenters. The minimum atomic E-state index is -0.344. The van der Waals surface area contributed by atoms with Gasteiger partial charge in [0, 0.05) is 11.2 Å². The summed E-state index contributed by atoms with van der Waals surface area (Å²) in [7, 11) is 0. The zero-order valence-corrected chi connectivity index (χ0v) is 19.2. The minimum Gasteiger partial charge on any atom is -0.471 e. The van der Waals surface area contributed by atoms with Crippen molar-refractivity contribution >= 4 is 23.2 Å². The zero-order chi connectivity index (χ0) is 23.5. The lowest BCUT2D eigenvalue weighted by Gasteiger charge is -2.08. The molecule has 0 radical (unpaired) electrons. The van der Waals surface area contributed by atoms with Crippen LogP contribution in [-0.4, -0.2) is 25.5 Å². The highest BCUT2D eigenvalue weighted by Gasteiger charge is 2.17. The standard InChI is InChI=1S/C24H23ClFN5O2/c1-15-12-20(8-9-21(15)25)33-14-30-11-10-22(29-30)24(32)27-23-16(2)28-31(17(23)3)13-18-4-6-19(26)7-5-18/h4-12H,13-14H2,1-3H3,(H,27,32). The van der Waals surface area contributed by atoms with Crippen LogP contribution in [0.3, 0.4) is 0 Å². The second-order valence-electron chi connectivity index (χ2n) is 7.71. The van der Waals surface area contributed by atoms with Gasteiger partial charge in [0.05, 0.1) is 23.6 Å². The summed E-state index contributed by atoms with van der Waals surface area (Å²) >= 11 is 6.04. The normalized spacial score (nSPS) is 10.9. The number of halogens is 2. The third-order valence-electron chi connectivity index (χ3n) is 5.23. The maximum atomic E-state index is 13.2. The summed E-state index contributed by atoms with van der Waals surface area (Å²) in [6.45, 7) is 6.22. The molecule has 0 saturated heterocycles. The average molecular weight is 468 g/mol. The number of nitrogens with one attached hydrogen (secondary N) is 1. The molecule has 1 amide bonds. The molecular formula is C24H23ClFN5O2. The van der Waals surface area contributed by atoms with Crippen molar-refractivity contribution in [1.82, 2.24) is 19.6 Å². The number of nitrogens with zero attached hydrogens (tertiary/aromatic N) is 4. The monoisotopic (exact) mass is 467 g/mol. The number of hydrogen-bond acceptors (Lipinski definition) is 4. The molecule has 2 heterocycles. The van der Waals surface area contributed by atoms with Gasteiger partial charge in [0.1, 0.15) is 11.6 Å². The highest BCUT2D eigenvalue weighted by Crippen LogP contribution is 2.22. The summed E-state index contributed by atoms with van der Waals surface area (Å²) in [5.74, 6) is 0.0371. The fourth-order valence-electron chi connectivity index (χ4n) is 3.37. The van der Waals surface area contributed by atoms with Gasteiger partial charge in [0.2, 0.25) is 0 Å². The molecule has 1 N–H and O–H groups in total. The Morgan fingerprint density at radius 2 is 1.85 bits per heavy atom. The van der Waals surface area contributed by atoms with Crippen LogP contribution in [0, 0.1) is 26.6 Å². The Morgan fingerprint density at radius 3 is 2.58 bits per heavy atom. The van der Waals surface area contributed by atoms with E-state index in [0.717, 1.165) is 16.8 Å². The van der Waals surface area contributed by atoms with E-state index in [1.165, 1.54) is 16.8 Å². The molecule has 0 unspecified atom stereocenters. The minimum absolute atomic E-state index is 0.155. The fraction of sp³-hybridized carbons (Fsp3) is 0.208. The van der Waals surface area contributed by atoms with Gasteiger partial charge in [-0.05, 0) is 68.3 Å². The number of aromatic nitrogens is 4. The molecule has 0 aliphatic heterocycles. The van der Waals surface area contributed by atoms with Crippen LogP contribution < -0.4 is 10.1 Å². The molecule has 0 aliphatic carbocycles. The molecule has 0 saturated carbocycles. The van der Waals surface area contributed by atoms with E-state index < -0.39 is 0 Å². The summed E-state index contributed by atoms with van der Waals surface area (Å²) in [6.07, 6.45) is 1.68. The van der Waals surface area contributed by atoms with Gasteiger partial charge >= 0.3 is 0 Å². The second-order valence-corrected chi connectivity index (χ2v) is 8.12. The van der Waals surface area contributed by atoms with Crippen molar-refractivity contribution in [2.75, 3.05) is 5.32 Å². The van der Waals surface area contributed by atoms with Crippen LogP contribution in [0.4, 0.5) is 10.1 Å². The first-order valence-electron chi connectivity index (χ1n) is 10.3. The molecule has 0 aliphatic rings. The van der Waals surface area contributed by atoms with Gasteiger partial charge in [0.25, 0.3) is 5.91 Å². The largest absolute Gasteiger partial charge is 0.471 e. The highest BCUT2D eigenvalue weighted by molar-refractivity contribution is 6.31. The van der Waals surface area contributed by atoms with Gasteiger partial charge in [0.15, 0.2) is 12.4 Å². The van der Waals surface area contributed by atoms with E-state index in [0.29, 0.717) is 28.7 Å². The number of aryl methyl sites for hydroxylation is 2. The van der Waals surface area contributed by atoms with E-state index in [1.807, 2.05) is 26.8 Å². The third kappa shape index (κ3) is 5.23. The molecule has 7 nitrogen and oxygen atoms in total. The van der Waals surface area contributed by atoms with Crippen molar-refractivity contribution in [3.63, 3.8) is 0 Å². The quantitative estimate of drug-likeness (QED) is 0.408. The predicted octanol–water partition coefficient (Wildman–Crippen LogP) is 5.13. The van der Waals surface area contributed by atoms with Crippen molar-refractivity contribution in [1.29, 1.82) is 0 Å². The predicted molar refractivity (Wildman–Crippen MR) is 124 cm³/mol. The molecule has 4 aromatic rings. The lowest BCUT2D eigenvalue weighted by molar-refractivity contribution is 0.102. The Kier molecular flexibility index (Phi) is 6.46. The SMILES string of the molecule is Cc1cc(OCn2ccc(C(=O)Nc3c(C)nn(Cc4ccc(F)cc4)c3C)n2)ccc1Cl. The molecule has 2 aromatic carbocycles. The first kappa shape index (κ1) is 22.5. The Bertz CT molecular complexity index is 1300. The van der Waals surface area contributed by atoms with Gasteiger partial charge < -0.3 is 10.1 Å². The Balaban J connectivity index is 1.41. The van der Waals surface area contributed by atoms with Crippen LogP contribution >= 0.6 is 11.6 Å². The molecule has 0 fully saturated rings. The van der Waals surface area contributed by atoms with Gasteiger partial charge in [-0.2, -0.15) is 10.2 Å². The first-order chi connectivity index (χ1) is 15.8. The summed E-state index contributed by atoms with van der Waals surface area (Å²) in [6, 6.07) is 13.3. The average Bonchev–Trinajstić information content (AvgIpc) is 3.37. The van der Waals surface area contributed by atoms with E-state index in [2.05, 4.69) is 15.5 Å². The highest BCUT2D eigenvalue weighted by atomic mass is 35.5. The van der Waals surface area contributed by atoms with Crippen molar-refractivity contribution < 1.29 is 13.9 Å². The molecule has 170 valence electrons. The number of amides is 1. The third-order valence-corrected chi connectivity index (χ3v) is 5.66. The van der Waals surface area contributed by atoms with E-state index in [9.17, 15) is 9.18 Å². The second kappa shape index (κ2) is 9.46. The maximum Gasteiger partial charge on any atom is 0.276 e. The number of ether oxygens (including phenoxy) is 1.